The molecule has 0 radical (unpaired) electrons. The molecule has 1 heterocycles. The van der Waals surface area contributed by atoms with Crippen LogP contribution in [-0.2, 0) is 9.53 Å². The summed E-state index contributed by atoms with van der Waals surface area (Å²) in [6, 6.07) is -0.574. The minimum absolute atomic E-state index is 0. The fraction of sp³-hybridized carbons (Fsp3) is 0.842. The summed E-state index contributed by atoms with van der Waals surface area (Å²) < 4.78 is 5.36. The van der Waals surface area contributed by atoms with Crippen LogP contribution < -0.4 is 24.2 Å². The summed E-state index contributed by atoms with van der Waals surface area (Å²) >= 11 is 0. The van der Waals surface area contributed by atoms with Gasteiger partial charge in [-0.05, 0) is 39.5 Å². The van der Waals surface area contributed by atoms with Crippen LogP contribution in [0.3, 0.4) is 0 Å². The molecule has 28 heavy (non-hydrogen) atoms. The molecule has 0 aromatic heterocycles. The number of hydrogen-bond acceptors (Lipinski definition) is 4. The quantitative estimate of drug-likeness (QED) is 0.646. The molecule has 2 fully saturated rings. The summed E-state index contributed by atoms with van der Waals surface area (Å²) in [6.45, 7) is 7.11. The van der Waals surface area contributed by atoms with E-state index in [1.54, 1.807) is 9.80 Å². The van der Waals surface area contributed by atoms with Crippen LogP contribution in [0.4, 0.5) is 9.59 Å². The molecule has 1 aliphatic carbocycles. The van der Waals surface area contributed by atoms with Gasteiger partial charge in [-0.3, -0.25) is 4.79 Å². The van der Waals surface area contributed by atoms with Crippen molar-refractivity contribution in [2.75, 3.05) is 26.2 Å². The van der Waals surface area contributed by atoms with Crippen molar-refractivity contribution in [2.24, 2.45) is 5.92 Å². The molecule has 1 saturated carbocycles. The first-order valence-corrected chi connectivity index (χ1v) is 9.91. The molecule has 9 heteroatoms. The molecule has 1 aliphatic heterocycles. The summed E-state index contributed by atoms with van der Waals surface area (Å²) in [6.07, 6.45) is 4.87. The van der Waals surface area contributed by atoms with Crippen molar-refractivity contribution in [1.29, 1.82) is 0 Å². The molecule has 0 aromatic rings. The largest absolute Gasteiger partial charge is 1.00 e. The molecular weight excluding hydrogens is 357 g/mol. The third-order valence-electron chi connectivity index (χ3n) is 5.14. The van der Waals surface area contributed by atoms with Crippen LogP contribution in [0.25, 0.3) is 0 Å². The van der Waals surface area contributed by atoms with Gasteiger partial charge in [0.2, 0.25) is 0 Å². The smallest absolute Gasteiger partial charge is 1.00 e. The third-order valence-corrected chi connectivity index (χ3v) is 5.14. The Hall–Kier alpha value is -1.39. The first-order chi connectivity index (χ1) is 12.7. The second-order valence-electron chi connectivity index (χ2n) is 8.51. The predicted octanol–water partition coefficient (Wildman–Crippen LogP) is -0.211. The van der Waals surface area contributed by atoms with Crippen molar-refractivity contribution < 1.29 is 44.5 Å². The maximum Gasteiger partial charge on any atom is 1.00 e. The number of rotatable bonds is 4. The summed E-state index contributed by atoms with van der Waals surface area (Å²) in [5.41, 5.74) is -0.546. The topological polar surface area (TPSA) is 99.2 Å². The van der Waals surface area contributed by atoms with Crippen LogP contribution in [0.5, 0.6) is 0 Å². The van der Waals surface area contributed by atoms with Crippen molar-refractivity contribution in [3.8, 4) is 0 Å². The minimum atomic E-state index is -0.888. The second-order valence-corrected chi connectivity index (χ2v) is 8.51. The van der Waals surface area contributed by atoms with Gasteiger partial charge in [0.15, 0.2) is 0 Å². The number of carboxylic acid groups (broad SMARTS) is 1. The van der Waals surface area contributed by atoms with E-state index < -0.39 is 11.6 Å². The average Bonchev–Trinajstić information content (AvgIpc) is 2.60. The molecule has 2 rings (SSSR count). The number of ether oxygens (including phenoxy) is 1. The van der Waals surface area contributed by atoms with Gasteiger partial charge in [0.1, 0.15) is 5.60 Å². The maximum atomic E-state index is 12.6. The van der Waals surface area contributed by atoms with E-state index in [9.17, 15) is 19.5 Å². The van der Waals surface area contributed by atoms with E-state index in [4.69, 9.17) is 4.74 Å². The molecule has 0 spiro atoms. The molecule has 2 aliphatic rings. The number of urea groups is 1. The number of hydrogen-bond donors (Lipinski definition) is 2. The van der Waals surface area contributed by atoms with Gasteiger partial charge in [-0.15, -0.1) is 0 Å². The summed E-state index contributed by atoms with van der Waals surface area (Å²) in [5.74, 6) is -0.664. The number of amides is 3. The van der Waals surface area contributed by atoms with Crippen molar-refractivity contribution >= 4 is 18.1 Å². The number of nitrogens with one attached hydrogen (secondary N) is 1. The van der Waals surface area contributed by atoms with Gasteiger partial charge in [0.05, 0.1) is 6.42 Å². The van der Waals surface area contributed by atoms with E-state index in [0.29, 0.717) is 26.2 Å². The fourth-order valence-electron chi connectivity index (χ4n) is 3.73. The SMILES string of the molecule is CC(C)(C)OC(=O)N1CCN(C(=O)NC(CC(=O)O)C2CCCCC2)CC1.[H-].[Li+]. The Morgan fingerprint density at radius 2 is 1.61 bits per heavy atom. The van der Waals surface area contributed by atoms with Crippen molar-refractivity contribution in [2.45, 2.75) is 70.9 Å². The number of aliphatic carboxylic acids is 1. The normalized spacial score (nSPS) is 19.4. The molecule has 8 nitrogen and oxygen atoms in total. The zero-order chi connectivity index (χ0) is 20.0. The van der Waals surface area contributed by atoms with Crippen molar-refractivity contribution in [3.63, 3.8) is 0 Å². The van der Waals surface area contributed by atoms with Crippen LogP contribution in [-0.4, -0.2) is 70.8 Å². The van der Waals surface area contributed by atoms with Crippen LogP contribution >= 0.6 is 0 Å². The number of piperazine rings is 1. The van der Waals surface area contributed by atoms with E-state index in [1.165, 1.54) is 6.42 Å². The number of carboxylic acids is 1. The van der Waals surface area contributed by atoms with E-state index in [-0.39, 0.29) is 50.8 Å². The Morgan fingerprint density at radius 3 is 2.11 bits per heavy atom. The van der Waals surface area contributed by atoms with Gasteiger partial charge in [-0.25, -0.2) is 9.59 Å². The van der Waals surface area contributed by atoms with Gasteiger partial charge >= 0.3 is 37.0 Å². The Bertz CT molecular complexity index is 544. The molecule has 156 valence electrons. The number of nitrogens with zero attached hydrogens (tertiary/aromatic N) is 2. The second kappa shape index (κ2) is 11.0. The van der Waals surface area contributed by atoms with Gasteiger partial charge in [0, 0.05) is 32.2 Å². The summed E-state index contributed by atoms with van der Waals surface area (Å²) in [5, 5.41) is 12.1. The summed E-state index contributed by atoms with van der Waals surface area (Å²) in [4.78, 5) is 39.2. The van der Waals surface area contributed by atoms with E-state index >= 15 is 0 Å². The Labute approximate surface area is 181 Å². The van der Waals surface area contributed by atoms with Gasteiger partial charge in [0.25, 0.3) is 0 Å². The van der Waals surface area contributed by atoms with Crippen LogP contribution in [0.15, 0.2) is 0 Å². The first-order valence-electron chi connectivity index (χ1n) is 9.91. The summed E-state index contributed by atoms with van der Waals surface area (Å²) in [7, 11) is 0. The van der Waals surface area contributed by atoms with E-state index in [0.717, 1.165) is 25.7 Å². The number of carbonyl (C=O) groups excluding carboxylic acids is 2. The average molecular weight is 391 g/mol. The molecule has 1 unspecified atom stereocenters. The standard InChI is InChI=1S/C19H33N3O5.Li.H/c1-19(2,3)27-18(26)22-11-9-21(10-12-22)17(25)20-15(13-16(23)24)14-7-5-4-6-8-14;;/h14-15H,4-13H2,1-3H3,(H,20,25)(H,23,24);;/q;+1;-1. The van der Waals surface area contributed by atoms with Gasteiger partial charge < -0.3 is 26.4 Å². The van der Waals surface area contributed by atoms with Crippen LogP contribution in [0.2, 0.25) is 0 Å². The zero-order valence-corrected chi connectivity index (χ0v) is 17.7. The fourth-order valence-corrected chi connectivity index (χ4v) is 3.73. The molecule has 2 N–H and O–H groups in total. The Morgan fingerprint density at radius 1 is 1.07 bits per heavy atom. The van der Waals surface area contributed by atoms with E-state index in [1.807, 2.05) is 20.8 Å². The molecule has 0 aromatic carbocycles. The molecule has 0 bridgehead atoms. The zero-order valence-electron chi connectivity index (χ0n) is 18.7. The van der Waals surface area contributed by atoms with Gasteiger partial charge in [-0.2, -0.15) is 0 Å². The van der Waals surface area contributed by atoms with Crippen LogP contribution in [0.1, 0.15) is 60.7 Å². The Balaban J connectivity index is 0.00000392. The minimum Gasteiger partial charge on any atom is -1.00 e. The third kappa shape index (κ3) is 7.92. The maximum absolute atomic E-state index is 12.6. The molecule has 3 amide bonds. The van der Waals surface area contributed by atoms with Crippen molar-refractivity contribution in [3.05, 3.63) is 0 Å². The molecule has 1 atom stereocenters. The van der Waals surface area contributed by atoms with Crippen LogP contribution in [0, 0.1) is 5.92 Å². The van der Waals surface area contributed by atoms with Gasteiger partial charge in [-0.1, -0.05) is 19.3 Å². The monoisotopic (exact) mass is 391 g/mol. The molecule has 1 saturated heterocycles. The predicted molar refractivity (Wildman–Crippen MR) is 102 cm³/mol. The number of carbonyl (C=O) groups is 3. The first kappa shape index (κ1) is 24.6. The molecular formula is C19H34LiN3O5. The van der Waals surface area contributed by atoms with Crippen molar-refractivity contribution in [1.82, 2.24) is 15.1 Å². The van der Waals surface area contributed by atoms with E-state index in [2.05, 4.69) is 5.32 Å². The Kier molecular flexibility index (Phi) is 9.65.